The van der Waals surface area contributed by atoms with Crippen molar-refractivity contribution >= 4 is 45.3 Å². The van der Waals surface area contributed by atoms with E-state index in [4.69, 9.17) is 9.81 Å². The lowest BCUT2D eigenvalue weighted by Crippen LogP contribution is -2.29. The summed E-state index contributed by atoms with van der Waals surface area (Å²) < 4.78 is 35.6. The van der Waals surface area contributed by atoms with E-state index in [2.05, 4.69) is 24.6 Å². The van der Waals surface area contributed by atoms with Crippen LogP contribution in [-0.4, -0.2) is 46.8 Å². The Morgan fingerprint density at radius 3 is 2.29 bits per heavy atom. The standard InChI is InChI=1S/C17H13N3O9S2/c21-16-13(9-1-7-12(8-2-9)31(25,26)27)18-15(17(22)23)14(16)20-19-10-3-5-11(6-4-10)30-29-28-24/h1-8,13-14,24H,(H,22,23)(H,25,26,27). The van der Waals surface area contributed by atoms with Gasteiger partial charge in [0.15, 0.2) is 17.5 Å². The van der Waals surface area contributed by atoms with Gasteiger partial charge in [-0.15, -0.1) is 4.33 Å². The van der Waals surface area contributed by atoms with Crippen LogP contribution in [0.5, 0.6) is 0 Å². The molecule has 0 amide bonds. The second-order valence-corrected chi connectivity index (χ2v) is 8.20. The third-order valence-corrected chi connectivity index (χ3v) is 5.53. The number of nitrogens with zero attached hydrogens (tertiary/aromatic N) is 3. The van der Waals surface area contributed by atoms with Gasteiger partial charge in [-0.25, -0.2) is 10.1 Å². The smallest absolute Gasteiger partial charge is 0.352 e. The summed E-state index contributed by atoms with van der Waals surface area (Å²) in [7, 11) is -4.42. The number of hydrogen-bond donors (Lipinski definition) is 3. The SMILES string of the molecule is O=C(O)C1=NC(c2ccc(S(=O)(=O)O)cc2)C(=O)C1N=Nc1ccc(SOOO)cc1. The number of hydrogen-bond acceptors (Lipinski definition) is 11. The van der Waals surface area contributed by atoms with E-state index in [1.807, 2.05) is 0 Å². The van der Waals surface area contributed by atoms with Crippen LogP contribution in [0.1, 0.15) is 11.6 Å². The lowest BCUT2D eigenvalue weighted by Gasteiger charge is -2.07. The number of azo groups is 1. The van der Waals surface area contributed by atoms with Crippen LogP contribution < -0.4 is 0 Å². The third kappa shape index (κ3) is 5.38. The summed E-state index contributed by atoms with van der Waals surface area (Å²) in [6.07, 6.45) is 0. The first-order chi connectivity index (χ1) is 14.7. The Bertz CT molecular complexity index is 1150. The summed E-state index contributed by atoms with van der Waals surface area (Å²) in [6.45, 7) is 0. The first-order valence-corrected chi connectivity index (χ1v) is 10.5. The molecule has 0 saturated carbocycles. The van der Waals surface area contributed by atoms with Gasteiger partial charge in [0.2, 0.25) is 0 Å². The Hall–Kier alpha value is -3.01. The molecule has 12 nitrogen and oxygen atoms in total. The number of rotatable bonds is 8. The van der Waals surface area contributed by atoms with Crippen LogP contribution in [0, 0.1) is 0 Å². The van der Waals surface area contributed by atoms with Gasteiger partial charge in [0.05, 0.1) is 22.6 Å². The second kappa shape index (κ2) is 9.42. The van der Waals surface area contributed by atoms with Gasteiger partial charge < -0.3 is 5.11 Å². The summed E-state index contributed by atoms with van der Waals surface area (Å²) in [5, 5.41) is 28.7. The van der Waals surface area contributed by atoms with Crippen LogP contribution in [0.25, 0.3) is 0 Å². The van der Waals surface area contributed by atoms with E-state index in [9.17, 15) is 23.1 Å². The monoisotopic (exact) mass is 467 g/mol. The highest BCUT2D eigenvalue weighted by molar-refractivity contribution is 7.94. The number of benzene rings is 2. The number of aliphatic carboxylic acids is 1. The van der Waals surface area contributed by atoms with Gasteiger partial charge in [-0.1, -0.05) is 17.2 Å². The van der Waals surface area contributed by atoms with E-state index in [0.717, 1.165) is 24.2 Å². The zero-order valence-corrected chi connectivity index (χ0v) is 16.9. The molecule has 162 valence electrons. The molecular formula is C17H13N3O9S2. The lowest BCUT2D eigenvalue weighted by molar-refractivity contribution is -0.432. The molecule has 0 saturated heterocycles. The Morgan fingerprint density at radius 1 is 1.10 bits per heavy atom. The molecule has 2 aromatic rings. The van der Waals surface area contributed by atoms with E-state index >= 15 is 0 Å². The highest BCUT2D eigenvalue weighted by Crippen LogP contribution is 2.30. The van der Waals surface area contributed by atoms with Crippen molar-refractivity contribution in [2.24, 2.45) is 15.2 Å². The van der Waals surface area contributed by atoms with E-state index in [1.165, 1.54) is 24.3 Å². The van der Waals surface area contributed by atoms with Gasteiger partial charge in [-0.05, 0) is 42.0 Å². The fourth-order valence-electron chi connectivity index (χ4n) is 2.65. The Balaban J connectivity index is 1.81. The van der Waals surface area contributed by atoms with E-state index in [1.54, 1.807) is 12.1 Å². The van der Waals surface area contributed by atoms with Crippen molar-refractivity contribution in [2.75, 3.05) is 0 Å². The number of carbonyl (C=O) groups is 2. The minimum Gasteiger partial charge on any atom is -0.477 e. The quantitative estimate of drug-likeness (QED) is 0.171. The maximum absolute atomic E-state index is 12.7. The molecule has 14 heteroatoms. The number of carboxylic acid groups (broad SMARTS) is 1. The summed E-state index contributed by atoms with van der Waals surface area (Å²) in [4.78, 5) is 28.4. The van der Waals surface area contributed by atoms with Crippen LogP contribution in [0.4, 0.5) is 5.69 Å². The summed E-state index contributed by atoms with van der Waals surface area (Å²) in [6, 6.07) is 8.13. The zero-order valence-electron chi connectivity index (χ0n) is 15.2. The van der Waals surface area contributed by atoms with E-state index in [0.29, 0.717) is 10.6 Å². The van der Waals surface area contributed by atoms with E-state index in [-0.39, 0.29) is 10.5 Å². The second-order valence-electron chi connectivity index (χ2n) is 6.01. The average Bonchev–Trinajstić information content (AvgIpc) is 3.07. The van der Waals surface area contributed by atoms with Crippen molar-refractivity contribution in [3.05, 3.63) is 54.1 Å². The minimum absolute atomic E-state index is 0.237. The number of ketones is 1. The van der Waals surface area contributed by atoms with E-state index < -0.39 is 39.7 Å². The van der Waals surface area contributed by atoms with Gasteiger partial charge in [-0.2, -0.15) is 18.6 Å². The molecule has 0 radical (unpaired) electrons. The number of aliphatic imine (C=N–C) groups is 1. The molecule has 0 aromatic heterocycles. The van der Waals surface area contributed by atoms with Crippen molar-refractivity contribution in [1.82, 2.24) is 0 Å². The summed E-state index contributed by atoms with van der Waals surface area (Å²) in [5.74, 6) is -2.09. The Morgan fingerprint density at radius 2 is 1.74 bits per heavy atom. The predicted octanol–water partition coefficient (Wildman–Crippen LogP) is 2.66. The molecule has 3 rings (SSSR count). The van der Waals surface area contributed by atoms with Crippen LogP contribution in [0.2, 0.25) is 0 Å². The van der Waals surface area contributed by atoms with Crippen molar-refractivity contribution in [2.45, 2.75) is 21.9 Å². The van der Waals surface area contributed by atoms with Crippen LogP contribution in [0.15, 0.2) is 73.5 Å². The topological polar surface area (TPSA) is 185 Å². The van der Waals surface area contributed by atoms with Gasteiger partial charge in [0, 0.05) is 4.90 Å². The minimum atomic E-state index is -4.42. The van der Waals surface area contributed by atoms with Gasteiger partial charge in [0.25, 0.3) is 10.1 Å². The maximum Gasteiger partial charge on any atom is 0.352 e. The van der Waals surface area contributed by atoms with Gasteiger partial charge in [-0.3, -0.25) is 14.3 Å². The van der Waals surface area contributed by atoms with Crippen molar-refractivity contribution < 1.29 is 42.3 Å². The fraction of sp³-hybridized carbons (Fsp3) is 0.118. The van der Waals surface area contributed by atoms with Crippen LogP contribution >= 0.6 is 12.0 Å². The third-order valence-electron chi connectivity index (χ3n) is 4.07. The molecule has 2 aromatic carbocycles. The fourth-order valence-corrected chi connectivity index (χ4v) is 3.49. The van der Waals surface area contributed by atoms with Crippen LogP contribution in [0.3, 0.4) is 0 Å². The van der Waals surface area contributed by atoms with Crippen molar-refractivity contribution in [3.63, 3.8) is 0 Å². The highest BCUT2D eigenvalue weighted by atomic mass is 32.2. The molecule has 2 atom stereocenters. The number of carboxylic acids is 1. The molecule has 1 aliphatic rings. The average molecular weight is 467 g/mol. The number of carbonyl (C=O) groups excluding carboxylic acids is 1. The Labute approximate surface area is 179 Å². The molecule has 0 bridgehead atoms. The summed E-state index contributed by atoms with van der Waals surface area (Å²) >= 11 is 0.729. The lowest BCUT2D eigenvalue weighted by atomic mass is 10.0. The Kier molecular flexibility index (Phi) is 6.89. The van der Waals surface area contributed by atoms with Crippen LogP contribution in [-0.2, 0) is 29.1 Å². The highest BCUT2D eigenvalue weighted by Gasteiger charge is 2.42. The molecule has 2 unspecified atom stereocenters. The van der Waals surface area contributed by atoms with Gasteiger partial charge >= 0.3 is 5.97 Å². The first kappa shape index (κ1) is 22.7. The molecular weight excluding hydrogens is 454 g/mol. The zero-order chi connectivity index (χ0) is 22.6. The molecule has 1 aliphatic heterocycles. The van der Waals surface area contributed by atoms with Crippen molar-refractivity contribution in [1.29, 1.82) is 0 Å². The molecule has 3 N–H and O–H groups in total. The summed E-state index contributed by atoms with van der Waals surface area (Å²) in [5.41, 5.74) is 0.0485. The molecule has 1 heterocycles. The van der Waals surface area contributed by atoms with Gasteiger partial charge in [0.1, 0.15) is 6.04 Å². The molecule has 0 spiro atoms. The maximum atomic E-state index is 12.7. The first-order valence-electron chi connectivity index (χ1n) is 8.28. The molecule has 31 heavy (non-hydrogen) atoms. The largest absolute Gasteiger partial charge is 0.477 e. The normalized spacial score (nSPS) is 19.0. The predicted molar refractivity (Wildman–Crippen MR) is 104 cm³/mol. The molecule has 0 aliphatic carbocycles. The molecule has 0 fully saturated rings. The number of Topliss-reactive ketones (excluding diaryl/α,β-unsaturated/α-hetero) is 1. The van der Waals surface area contributed by atoms with Crippen molar-refractivity contribution in [3.8, 4) is 0 Å².